The second-order valence-electron chi connectivity index (χ2n) is 9.58. The van der Waals surface area contributed by atoms with Crippen molar-refractivity contribution in [2.45, 2.75) is 13.8 Å². The summed E-state index contributed by atoms with van der Waals surface area (Å²) in [4.78, 5) is 29.5. The van der Waals surface area contributed by atoms with Crippen LogP contribution in [-0.4, -0.2) is 29.6 Å². The number of carbonyl (C=O) groups excluding carboxylic acids is 2. The van der Waals surface area contributed by atoms with Crippen molar-refractivity contribution >= 4 is 45.9 Å². The first-order valence-electron chi connectivity index (χ1n) is 13.2. The Morgan fingerprint density at radius 1 is 0.881 bits per heavy atom. The minimum atomic E-state index is -0.335. The molecule has 5 aromatic rings. The van der Waals surface area contributed by atoms with Gasteiger partial charge in [0, 0.05) is 27.9 Å². The number of nitrogens with one attached hydrogen (secondary N) is 3. The Bertz CT molecular complexity index is 1710. The molecular weight excluding hydrogens is 546 g/mol. The molecular formula is C33H29N5O3S. The third-order valence-electron chi connectivity index (χ3n) is 6.16. The van der Waals surface area contributed by atoms with Gasteiger partial charge in [-0.15, -0.1) is 11.3 Å². The fraction of sp³-hybridized carbons (Fsp3) is 0.0909. The van der Waals surface area contributed by atoms with Crippen molar-refractivity contribution in [3.05, 3.63) is 125 Å². The lowest BCUT2D eigenvalue weighted by Gasteiger charge is -2.08. The van der Waals surface area contributed by atoms with Gasteiger partial charge in [0.1, 0.15) is 5.75 Å². The van der Waals surface area contributed by atoms with Crippen LogP contribution in [0.1, 0.15) is 27.0 Å². The van der Waals surface area contributed by atoms with Crippen LogP contribution >= 0.6 is 11.3 Å². The van der Waals surface area contributed by atoms with E-state index in [-0.39, 0.29) is 18.4 Å². The van der Waals surface area contributed by atoms with Crippen LogP contribution in [0.5, 0.6) is 5.75 Å². The average Bonchev–Trinajstić information content (AvgIpc) is 3.46. The summed E-state index contributed by atoms with van der Waals surface area (Å²) < 4.78 is 5.62. The Balaban J connectivity index is 1.11. The monoisotopic (exact) mass is 575 g/mol. The number of aryl methyl sites for hydroxylation is 2. The molecule has 1 aromatic heterocycles. The molecule has 3 N–H and O–H groups in total. The Morgan fingerprint density at radius 3 is 2.45 bits per heavy atom. The standard InChI is InChI=1S/C33H29N5O3S/c1-22-9-15-27(16-10-22)36-33-37-30(21-42-33)25-11-13-26(14-12-25)32(40)38-34-19-24-6-4-8-29(18-24)41-20-31(39)35-28-7-3-5-23(2)17-28/h3-19,21H,20H2,1-2H3,(H,35,39)(H,36,37)(H,38,40)/b34-19+. The maximum atomic E-state index is 12.6. The normalized spacial score (nSPS) is 10.8. The molecule has 4 aromatic carbocycles. The Morgan fingerprint density at radius 2 is 1.67 bits per heavy atom. The lowest BCUT2D eigenvalue weighted by molar-refractivity contribution is -0.118. The molecule has 0 bridgehead atoms. The summed E-state index contributed by atoms with van der Waals surface area (Å²) in [6.07, 6.45) is 1.52. The highest BCUT2D eigenvalue weighted by atomic mass is 32.1. The molecule has 8 nitrogen and oxygen atoms in total. The molecule has 9 heteroatoms. The number of carbonyl (C=O) groups is 2. The van der Waals surface area contributed by atoms with Gasteiger partial charge in [-0.1, -0.05) is 54.1 Å². The molecule has 42 heavy (non-hydrogen) atoms. The maximum Gasteiger partial charge on any atom is 0.271 e. The van der Waals surface area contributed by atoms with E-state index < -0.39 is 0 Å². The van der Waals surface area contributed by atoms with Crippen LogP contribution in [0, 0.1) is 13.8 Å². The first-order valence-corrected chi connectivity index (χ1v) is 14.1. The van der Waals surface area contributed by atoms with E-state index in [9.17, 15) is 9.59 Å². The number of aromatic nitrogens is 1. The first kappa shape index (κ1) is 28.3. The highest BCUT2D eigenvalue weighted by Crippen LogP contribution is 2.27. The van der Waals surface area contributed by atoms with Gasteiger partial charge in [0.05, 0.1) is 11.9 Å². The number of hydrogen-bond donors (Lipinski definition) is 3. The van der Waals surface area contributed by atoms with Gasteiger partial charge < -0.3 is 15.4 Å². The van der Waals surface area contributed by atoms with Crippen LogP contribution in [0.2, 0.25) is 0 Å². The van der Waals surface area contributed by atoms with E-state index in [2.05, 4.69) is 33.1 Å². The molecule has 1 heterocycles. The molecule has 0 spiro atoms. The van der Waals surface area contributed by atoms with Gasteiger partial charge in [0.15, 0.2) is 11.7 Å². The number of rotatable bonds is 10. The largest absolute Gasteiger partial charge is 0.484 e. The van der Waals surface area contributed by atoms with Crippen LogP contribution < -0.4 is 20.8 Å². The maximum absolute atomic E-state index is 12.6. The summed E-state index contributed by atoms with van der Waals surface area (Å²) in [6.45, 7) is 3.88. The van der Waals surface area contributed by atoms with Crippen LogP contribution in [0.15, 0.2) is 108 Å². The molecule has 5 rings (SSSR count). The SMILES string of the molecule is Cc1ccc(Nc2nc(-c3ccc(C(=O)N/N=C/c4cccc(OCC(=O)Nc5cccc(C)c5)c4)cc3)cs2)cc1. The fourth-order valence-corrected chi connectivity index (χ4v) is 4.74. The molecule has 0 unspecified atom stereocenters. The van der Waals surface area contributed by atoms with Gasteiger partial charge >= 0.3 is 0 Å². The average molecular weight is 576 g/mol. The predicted molar refractivity (Wildman–Crippen MR) is 169 cm³/mol. The van der Waals surface area contributed by atoms with Crippen LogP contribution in [0.3, 0.4) is 0 Å². The number of hydrogen-bond acceptors (Lipinski definition) is 7. The van der Waals surface area contributed by atoms with Crippen LogP contribution in [0.25, 0.3) is 11.3 Å². The lowest BCUT2D eigenvalue weighted by atomic mass is 10.1. The van der Waals surface area contributed by atoms with Crippen molar-refractivity contribution in [1.82, 2.24) is 10.4 Å². The minimum absolute atomic E-state index is 0.132. The zero-order chi connectivity index (χ0) is 29.3. The second-order valence-corrected chi connectivity index (χ2v) is 10.4. The molecule has 0 saturated carbocycles. The summed E-state index contributed by atoms with van der Waals surface area (Å²) in [6, 6.07) is 30.0. The number of anilines is 3. The van der Waals surface area contributed by atoms with E-state index in [1.807, 2.05) is 79.0 Å². The van der Waals surface area contributed by atoms with Gasteiger partial charge in [-0.05, 0) is 73.5 Å². The number of thiazole rings is 1. The number of amides is 2. The lowest BCUT2D eigenvalue weighted by Crippen LogP contribution is -2.20. The van der Waals surface area contributed by atoms with Crippen molar-refractivity contribution in [2.75, 3.05) is 17.2 Å². The summed E-state index contributed by atoms with van der Waals surface area (Å²) in [5, 5.41) is 13.0. The molecule has 0 aliphatic heterocycles. The van der Waals surface area contributed by atoms with E-state index in [1.54, 1.807) is 30.3 Å². The van der Waals surface area contributed by atoms with E-state index in [0.29, 0.717) is 16.9 Å². The highest BCUT2D eigenvalue weighted by molar-refractivity contribution is 7.14. The van der Waals surface area contributed by atoms with Crippen molar-refractivity contribution in [3.63, 3.8) is 0 Å². The molecule has 210 valence electrons. The van der Waals surface area contributed by atoms with E-state index in [0.717, 1.165) is 33.3 Å². The molecule has 0 fully saturated rings. The van der Waals surface area contributed by atoms with Gasteiger partial charge in [0.25, 0.3) is 11.8 Å². The van der Waals surface area contributed by atoms with Crippen molar-refractivity contribution in [3.8, 4) is 17.0 Å². The zero-order valence-corrected chi connectivity index (χ0v) is 23.9. The minimum Gasteiger partial charge on any atom is -0.484 e. The quantitative estimate of drug-likeness (QED) is 0.123. The van der Waals surface area contributed by atoms with E-state index in [4.69, 9.17) is 4.74 Å². The van der Waals surface area contributed by atoms with Gasteiger partial charge in [-0.2, -0.15) is 5.10 Å². The topological polar surface area (TPSA) is 105 Å². The van der Waals surface area contributed by atoms with E-state index >= 15 is 0 Å². The van der Waals surface area contributed by atoms with Gasteiger partial charge in [-0.25, -0.2) is 10.4 Å². The Labute approximate surface area is 248 Å². The molecule has 0 aliphatic rings. The van der Waals surface area contributed by atoms with Crippen LogP contribution in [-0.2, 0) is 4.79 Å². The molecule has 0 saturated heterocycles. The summed E-state index contributed by atoms with van der Waals surface area (Å²) in [5.41, 5.74) is 9.42. The third-order valence-corrected chi connectivity index (χ3v) is 6.92. The highest BCUT2D eigenvalue weighted by Gasteiger charge is 2.09. The van der Waals surface area contributed by atoms with Crippen molar-refractivity contribution < 1.29 is 14.3 Å². The number of benzene rings is 4. The summed E-state index contributed by atoms with van der Waals surface area (Å²) in [7, 11) is 0. The van der Waals surface area contributed by atoms with Gasteiger partial charge in [0.2, 0.25) is 0 Å². The molecule has 0 radical (unpaired) electrons. The number of ether oxygens (including phenoxy) is 1. The smallest absolute Gasteiger partial charge is 0.271 e. The zero-order valence-electron chi connectivity index (χ0n) is 23.1. The van der Waals surface area contributed by atoms with E-state index in [1.165, 1.54) is 23.1 Å². The summed E-state index contributed by atoms with van der Waals surface area (Å²) in [5.74, 6) is -0.0790. The molecule has 2 amide bonds. The number of hydrazone groups is 1. The van der Waals surface area contributed by atoms with Crippen molar-refractivity contribution in [1.29, 1.82) is 0 Å². The first-order chi connectivity index (χ1) is 20.4. The third kappa shape index (κ3) is 7.89. The van der Waals surface area contributed by atoms with Crippen LogP contribution in [0.4, 0.5) is 16.5 Å². The molecule has 0 atom stereocenters. The Hall–Kier alpha value is -5.28. The predicted octanol–water partition coefficient (Wildman–Crippen LogP) is 6.95. The fourth-order valence-electron chi connectivity index (χ4n) is 4.00. The number of nitrogens with zero attached hydrogens (tertiary/aromatic N) is 2. The van der Waals surface area contributed by atoms with Crippen molar-refractivity contribution in [2.24, 2.45) is 5.10 Å². The molecule has 0 aliphatic carbocycles. The Kier molecular flexibility index (Phi) is 9.00. The second kappa shape index (κ2) is 13.4. The van der Waals surface area contributed by atoms with Gasteiger partial charge in [-0.3, -0.25) is 9.59 Å². The summed E-state index contributed by atoms with van der Waals surface area (Å²) >= 11 is 1.52.